The molecular weight excluding hydrogens is 275 g/mol. The molecule has 0 spiro atoms. The molecule has 20 heavy (non-hydrogen) atoms. The first kappa shape index (κ1) is 14.9. The second kappa shape index (κ2) is 6.82. The number of hydrogen-bond donors (Lipinski definition) is 1. The normalized spacial score (nSPS) is 12.4. The number of nitrogens with one attached hydrogen (secondary N) is 1. The highest BCUT2D eigenvalue weighted by atomic mass is 35.5. The zero-order chi connectivity index (χ0) is 14.5. The fourth-order valence-electron chi connectivity index (χ4n) is 2.23. The summed E-state index contributed by atoms with van der Waals surface area (Å²) < 4.78 is 13.5. The number of rotatable bonds is 5. The minimum Gasteiger partial charge on any atom is -0.310 e. The van der Waals surface area contributed by atoms with Gasteiger partial charge in [0.05, 0.1) is 5.02 Å². The lowest BCUT2D eigenvalue weighted by Gasteiger charge is -2.18. The van der Waals surface area contributed by atoms with Gasteiger partial charge in [0, 0.05) is 18.4 Å². The molecule has 1 heterocycles. The molecule has 106 valence electrons. The molecule has 0 aliphatic heterocycles. The van der Waals surface area contributed by atoms with Crippen LogP contribution in [0.4, 0.5) is 4.39 Å². The SMILES string of the molecule is CCNC(Cc1ccc(Cl)c(F)c1)c1cncc(C)c1. The van der Waals surface area contributed by atoms with Crippen LogP contribution in [0.2, 0.25) is 5.02 Å². The Kier molecular flexibility index (Phi) is 5.10. The predicted octanol–water partition coefficient (Wildman–Crippen LogP) is 4.08. The van der Waals surface area contributed by atoms with E-state index in [0.29, 0.717) is 6.42 Å². The van der Waals surface area contributed by atoms with Crippen LogP contribution in [-0.4, -0.2) is 11.5 Å². The first-order valence-corrected chi connectivity index (χ1v) is 7.06. The summed E-state index contributed by atoms with van der Waals surface area (Å²) in [5.41, 5.74) is 3.15. The highest BCUT2D eigenvalue weighted by Gasteiger charge is 2.13. The molecule has 0 radical (unpaired) electrons. The van der Waals surface area contributed by atoms with E-state index in [1.54, 1.807) is 6.07 Å². The van der Waals surface area contributed by atoms with E-state index in [4.69, 9.17) is 11.6 Å². The summed E-state index contributed by atoms with van der Waals surface area (Å²) in [7, 11) is 0. The molecule has 1 atom stereocenters. The van der Waals surface area contributed by atoms with Gasteiger partial charge < -0.3 is 5.32 Å². The molecule has 0 aliphatic rings. The van der Waals surface area contributed by atoms with Crippen LogP contribution >= 0.6 is 11.6 Å². The van der Waals surface area contributed by atoms with Crippen LogP contribution in [0.3, 0.4) is 0 Å². The highest BCUT2D eigenvalue weighted by Crippen LogP contribution is 2.22. The summed E-state index contributed by atoms with van der Waals surface area (Å²) in [5, 5.41) is 3.57. The van der Waals surface area contributed by atoms with Gasteiger partial charge in [-0.15, -0.1) is 0 Å². The van der Waals surface area contributed by atoms with Crippen molar-refractivity contribution in [1.82, 2.24) is 10.3 Å². The van der Waals surface area contributed by atoms with E-state index in [2.05, 4.69) is 23.3 Å². The van der Waals surface area contributed by atoms with Crippen molar-refractivity contribution < 1.29 is 4.39 Å². The van der Waals surface area contributed by atoms with Gasteiger partial charge in [-0.3, -0.25) is 4.98 Å². The lowest BCUT2D eigenvalue weighted by Crippen LogP contribution is -2.23. The molecular formula is C16H18ClFN2. The molecule has 1 N–H and O–H groups in total. The van der Waals surface area contributed by atoms with Crippen molar-refractivity contribution in [3.05, 3.63) is 64.2 Å². The third kappa shape index (κ3) is 3.78. The number of aromatic nitrogens is 1. The van der Waals surface area contributed by atoms with Gasteiger partial charge in [0.2, 0.25) is 0 Å². The van der Waals surface area contributed by atoms with Crippen LogP contribution < -0.4 is 5.32 Å². The Morgan fingerprint density at radius 3 is 2.75 bits per heavy atom. The van der Waals surface area contributed by atoms with Crippen molar-refractivity contribution in [1.29, 1.82) is 0 Å². The Morgan fingerprint density at radius 2 is 2.10 bits per heavy atom. The van der Waals surface area contributed by atoms with Gasteiger partial charge >= 0.3 is 0 Å². The predicted molar refractivity (Wildman–Crippen MR) is 80.5 cm³/mol. The Balaban J connectivity index is 2.22. The number of pyridine rings is 1. The van der Waals surface area contributed by atoms with Gasteiger partial charge in [-0.1, -0.05) is 30.7 Å². The average molecular weight is 293 g/mol. The van der Waals surface area contributed by atoms with Gasteiger partial charge in [0.1, 0.15) is 5.82 Å². The number of aryl methyl sites for hydroxylation is 1. The Hall–Kier alpha value is -1.45. The van der Waals surface area contributed by atoms with Crippen LogP contribution in [0.5, 0.6) is 0 Å². The molecule has 0 fully saturated rings. The van der Waals surface area contributed by atoms with Crippen LogP contribution in [0, 0.1) is 12.7 Å². The number of halogens is 2. The molecule has 1 aromatic heterocycles. The molecule has 1 unspecified atom stereocenters. The molecule has 0 saturated heterocycles. The van der Waals surface area contributed by atoms with Crippen molar-refractivity contribution in [3.8, 4) is 0 Å². The fraction of sp³-hybridized carbons (Fsp3) is 0.312. The Labute approximate surface area is 124 Å². The maximum Gasteiger partial charge on any atom is 0.142 e. The topological polar surface area (TPSA) is 24.9 Å². The molecule has 2 aromatic rings. The van der Waals surface area contributed by atoms with Crippen LogP contribution in [0.15, 0.2) is 36.7 Å². The average Bonchev–Trinajstić information content (AvgIpc) is 2.42. The smallest absolute Gasteiger partial charge is 0.142 e. The monoisotopic (exact) mass is 292 g/mol. The summed E-state index contributed by atoms with van der Waals surface area (Å²) in [6.45, 7) is 4.91. The number of benzene rings is 1. The lowest BCUT2D eigenvalue weighted by atomic mass is 9.99. The van der Waals surface area contributed by atoms with Gasteiger partial charge in [-0.2, -0.15) is 0 Å². The van der Waals surface area contributed by atoms with Crippen LogP contribution in [-0.2, 0) is 6.42 Å². The third-order valence-electron chi connectivity index (χ3n) is 3.17. The van der Waals surface area contributed by atoms with Crippen LogP contribution in [0.25, 0.3) is 0 Å². The second-order valence-corrected chi connectivity index (χ2v) is 5.27. The fourth-order valence-corrected chi connectivity index (χ4v) is 2.34. The number of likely N-dealkylation sites (N-methyl/N-ethyl adjacent to an activating group) is 1. The van der Waals surface area contributed by atoms with E-state index in [9.17, 15) is 4.39 Å². The standard InChI is InChI=1S/C16H18ClFN2/c1-3-20-16(13-6-11(2)9-19-10-13)8-12-4-5-14(17)15(18)7-12/h4-7,9-10,16,20H,3,8H2,1-2H3. The summed E-state index contributed by atoms with van der Waals surface area (Å²) in [6.07, 6.45) is 4.38. The zero-order valence-electron chi connectivity index (χ0n) is 11.7. The van der Waals surface area contributed by atoms with E-state index >= 15 is 0 Å². The van der Waals surface area contributed by atoms with Gasteiger partial charge in [-0.25, -0.2) is 4.39 Å². The quantitative estimate of drug-likeness (QED) is 0.898. The molecule has 1 aromatic carbocycles. The van der Waals surface area contributed by atoms with Crippen LogP contribution in [0.1, 0.15) is 29.7 Å². The molecule has 0 saturated carbocycles. The molecule has 0 bridgehead atoms. The van der Waals surface area contributed by atoms with Crippen molar-refractivity contribution in [2.24, 2.45) is 0 Å². The zero-order valence-corrected chi connectivity index (χ0v) is 12.4. The molecule has 4 heteroatoms. The highest BCUT2D eigenvalue weighted by molar-refractivity contribution is 6.30. The summed E-state index contributed by atoms with van der Waals surface area (Å²) in [4.78, 5) is 4.23. The van der Waals surface area contributed by atoms with E-state index in [-0.39, 0.29) is 16.9 Å². The maximum atomic E-state index is 13.5. The third-order valence-corrected chi connectivity index (χ3v) is 3.48. The largest absolute Gasteiger partial charge is 0.310 e. The van der Waals surface area contributed by atoms with Gasteiger partial charge in [0.15, 0.2) is 0 Å². The van der Waals surface area contributed by atoms with E-state index in [1.807, 2.05) is 25.4 Å². The second-order valence-electron chi connectivity index (χ2n) is 4.86. The van der Waals surface area contributed by atoms with Crippen molar-refractivity contribution in [2.75, 3.05) is 6.54 Å². The molecule has 2 rings (SSSR count). The van der Waals surface area contributed by atoms with Crippen molar-refractivity contribution in [3.63, 3.8) is 0 Å². The first-order valence-electron chi connectivity index (χ1n) is 6.69. The first-order chi connectivity index (χ1) is 9.60. The van der Waals surface area contributed by atoms with Gasteiger partial charge in [0.25, 0.3) is 0 Å². The van der Waals surface area contributed by atoms with Crippen molar-refractivity contribution >= 4 is 11.6 Å². The van der Waals surface area contributed by atoms with Gasteiger partial charge in [-0.05, 0) is 48.7 Å². The Bertz CT molecular complexity index is 586. The minimum absolute atomic E-state index is 0.118. The molecule has 0 amide bonds. The van der Waals surface area contributed by atoms with Crippen molar-refractivity contribution in [2.45, 2.75) is 26.3 Å². The lowest BCUT2D eigenvalue weighted by molar-refractivity contribution is 0.545. The minimum atomic E-state index is -0.373. The maximum absolute atomic E-state index is 13.5. The summed E-state index contributed by atoms with van der Waals surface area (Å²) in [5.74, 6) is -0.373. The molecule has 0 aliphatic carbocycles. The summed E-state index contributed by atoms with van der Waals surface area (Å²) in [6, 6.07) is 7.18. The van der Waals surface area contributed by atoms with E-state index in [0.717, 1.165) is 23.2 Å². The van der Waals surface area contributed by atoms with E-state index in [1.165, 1.54) is 6.07 Å². The Morgan fingerprint density at radius 1 is 1.30 bits per heavy atom. The molecule has 2 nitrogen and oxygen atoms in total. The summed E-state index contributed by atoms with van der Waals surface area (Å²) >= 11 is 5.72. The van der Waals surface area contributed by atoms with E-state index < -0.39 is 0 Å². The number of hydrogen-bond acceptors (Lipinski definition) is 2. The number of nitrogens with zero attached hydrogens (tertiary/aromatic N) is 1.